The van der Waals surface area contributed by atoms with Crippen LogP contribution in [0.4, 0.5) is 4.39 Å². The van der Waals surface area contributed by atoms with E-state index in [1.807, 2.05) is 0 Å². The smallest absolute Gasteiger partial charge is 0.271 e. The molecule has 22 heavy (non-hydrogen) atoms. The molecule has 1 fully saturated rings. The Labute approximate surface area is 126 Å². The van der Waals surface area contributed by atoms with Crippen LogP contribution in [0.1, 0.15) is 28.3 Å². The Morgan fingerprint density at radius 1 is 1.14 bits per heavy atom. The summed E-state index contributed by atoms with van der Waals surface area (Å²) in [6.45, 7) is 0. The van der Waals surface area contributed by atoms with Gasteiger partial charge in [-0.05, 0) is 36.1 Å². The van der Waals surface area contributed by atoms with E-state index in [1.54, 1.807) is 36.5 Å². The summed E-state index contributed by atoms with van der Waals surface area (Å²) in [4.78, 5) is 27.6. The van der Waals surface area contributed by atoms with Crippen LogP contribution < -0.4 is 10.9 Å². The molecule has 112 valence electrons. The summed E-state index contributed by atoms with van der Waals surface area (Å²) < 4.78 is 13.6. The van der Waals surface area contributed by atoms with Crippen molar-refractivity contribution in [2.24, 2.45) is 5.92 Å². The highest BCUT2D eigenvalue weighted by atomic mass is 19.1. The molecule has 1 aromatic carbocycles. The van der Waals surface area contributed by atoms with Gasteiger partial charge in [0, 0.05) is 18.3 Å². The number of hydrogen-bond donors (Lipinski definition) is 2. The molecule has 2 N–H and O–H groups in total. The van der Waals surface area contributed by atoms with E-state index >= 15 is 0 Å². The number of nitrogens with zero attached hydrogens (tertiary/aromatic N) is 1. The zero-order valence-electron chi connectivity index (χ0n) is 11.6. The number of rotatable bonds is 3. The van der Waals surface area contributed by atoms with Crippen LogP contribution in [0.15, 0.2) is 48.8 Å². The van der Waals surface area contributed by atoms with Crippen LogP contribution in [0.25, 0.3) is 0 Å². The van der Waals surface area contributed by atoms with Crippen molar-refractivity contribution in [2.75, 3.05) is 0 Å². The Bertz CT molecular complexity index is 706. The number of hydrogen-bond acceptors (Lipinski definition) is 3. The van der Waals surface area contributed by atoms with Crippen LogP contribution in [0, 0.1) is 11.7 Å². The van der Waals surface area contributed by atoms with E-state index in [4.69, 9.17) is 0 Å². The first kappa shape index (κ1) is 14.2. The van der Waals surface area contributed by atoms with E-state index in [2.05, 4.69) is 15.8 Å². The second-order valence-corrected chi connectivity index (χ2v) is 5.16. The van der Waals surface area contributed by atoms with Crippen molar-refractivity contribution < 1.29 is 14.0 Å². The molecule has 2 amide bonds. The number of carbonyl (C=O) groups excluding carboxylic acids is 2. The molecule has 0 bridgehead atoms. The third kappa shape index (κ3) is 2.95. The molecule has 5 nitrogen and oxygen atoms in total. The number of benzene rings is 1. The number of halogens is 1. The molecule has 1 aliphatic carbocycles. The molecule has 0 aliphatic heterocycles. The van der Waals surface area contributed by atoms with E-state index in [9.17, 15) is 14.0 Å². The Kier molecular flexibility index (Phi) is 3.82. The number of carbonyl (C=O) groups is 2. The van der Waals surface area contributed by atoms with Gasteiger partial charge in [-0.3, -0.25) is 25.4 Å². The Balaban J connectivity index is 1.54. The van der Waals surface area contributed by atoms with E-state index in [0.29, 0.717) is 17.5 Å². The summed E-state index contributed by atoms with van der Waals surface area (Å²) >= 11 is 0. The van der Waals surface area contributed by atoms with Crippen molar-refractivity contribution in [3.05, 3.63) is 65.7 Å². The van der Waals surface area contributed by atoms with Gasteiger partial charge in [0.25, 0.3) is 5.91 Å². The Hall–Kier alpha value is -2.76. The molecule has 2 unspecified atom stereocenters. The highest BCUT2D eigenvalue weighted by Crippen LogP contribution is 2.48. The van der Waals surface area contributed by atoms with Crippen molar-refractivity contribution in [3.63, 3.8) is 0 Å². The SMILES string of the molecule is O=C(NNC(=O)C1CC1c1ccccc1F)c1cccnc1. The molecule has 1 saturated carbocycles. The van der Waals surface area contributed by atoms with Crippen molar-refractivity contribution in [3.8, 4) is 0 Å². The lowest BCUT2D eigenvalue weighted by atomic mass is 10.1. The maximum absolute atomic E-state index is 13.6. The van der Waals surface area contributed by atoms with Crippen LogP contribution in [0.3, 0.4) is 0 Å². The van der Waals surface area contributed by atoms with Crippen LogP contribution in [-0.2, 0) is 4.79 Å². The maximum atomic E-state index is 13.6. The zero-order chi connectivity index (χ0) is 15.5. The van der Waals surface area contributed by atoms with Crippen molar-refractivity contribution in [2.45, 2.75) is 12.3 Å². The molecule has 1 heterocycles. The molecule has 6 heteroatoms. The standard InChI is InChI=1S/C16H14FN3O2/c17-14-6-2-1-5-11(14)12-8-13(12)16(22)20-19-15(21)10-4-3-7-18-9-10/h1-7,9,12-13H,8H2,(H,19,21)(H,20,22). The monoisotopic (exact) mass is 299 g/mol. The zero-order valence-corrected chi connectivity index (χ0v) is 11.6. The first-order chi connectivity index (χ1) is 10.7. The number of hydrazine groups is 1. The van der Waals surface area contributed by atoms with Gasteiger partial charge in [-0.25, -0.2) is 4.39 Å². The molecule has 0 radical (unpaired) electrons. The van der Waals surface area contributed by atoms with Gasteiger partial charge in [-0.1, -0.05) is 18.2 Å². The minimum Gasteiger partial charge on any atom is -0.273 e. The predicted octanol–water partition coefficient (Wildman–Crippen LogP) is 1.79. The third-order valence-corrected chi connectivity index (χ3v) is 3.65. The second-order valence-electron chi connectivity index (χ2n) is 5.16. The summed E-state index contributed by atoms with van der Waals surface area (Å²) in [5.74, 6) is -1.50. The number of amides is 2. The average Bonchev–Trinajstić information content (AvgIpc) is 3.34. The van der Waals surface area contributed by atoms with Crippen LogP contribution in [0.5, 0.6) is 0 Å². The van der Waals surface area contributed by atoms with E-state index in [0.717, 1.165) is 0 Å². The highest BCUT2D eigenvalue weighted by Gasteiger charge is 2.45. The van der Waals surface area contributed by atoms with Crippen LogP contribution in [-0.4, -0.2) is 16.8 Å². The normalized spacial score (nSPS) is 19.3. The minimum atomic E-state index is -0.440. The number of pyridine rings is 1. The van der Waals surface area contributed by atoms with Gasteiger partial charge in [-0.15, -0.1) is 0 Å². The molecule has 3 rings (SSSR count). The molecular formula is C16H14FN3O2. The van der Waals surface area contributed by atoms with Gasteiger partial charge in [0.15, 0.2) is 0 Å². The van der Waals surface area contributed by atoms with E-state index in [-0.39, 0.29) is 23.6 Å². The fraction of sp³-hybridized carbons (Fsp3) is 0.188. The first-order valence-corrected chi connectivity index (χ1v) is 6.91. The van der Waals surface area contributed by atoms with Crippen molar-refractivity contribution in [1.29, 1.82) is 0 Å². The molecule has 1 aromatic heterocycles. The molecular weight excluding hydrogens is 285 g/mol. The average molecular weight is 299 g/mol. The van der Waals surface area contributed by atoms with Crippen LogP contribution >= 0.6 is 0 Å². The maximum Gasteiger partial charge on any atom is 0.271 e. The molecule has 1 aliphatic rings. The Morgan fingerprint density at radius 3 is 2.68 bits per heavy atom. The molecule has 0 saturated heterocycles. The van der Waals surface area contributed by atoms with Gasteiger partial charge < -0.3 is 0 Å². The summed E-state index contributed by atoms with van der Waals surface area (Å²) in [7, 11) is 0. The highest BCUT2D eigenvalue weighted by molar-refractivity contribution is 5.95. The summed E-state index contributed by atoms with van der Waals surface area (Å²) in [5, 5.41) is 0. The topological polar surface area (TPSA) is 71.1 Å². The first-order valence-electron chi connectivity index (χ1n) is 6.91. The predicted molar refractivity (Wildman–Crippen MR) is 77.1 cm³/mol. The fourth-order valence-electron chi connectivity index (χ4n) is 2.38. The number of aromatic nitrogens is 1. The van der Waals surface area contributed by atoms with Gasteiger partial charge >= 0.3 is 0 Å². The summed E-state index contributed by atoms with van der Waals surface area (Å²) in [5.41, 5.74) is 5.60. The minimum absolute atomic E-state index is 0.128. The van der Waals surface area contributed by atoms with Gasteiger partial charge in [0.2, 0.25) is 5.91 Å². The van der Waals surface area contributed by atoms with Gasteiger partial charge in [0.1, 0.15) is 5.82 Å². The molecule has 2 aromatic rings. The summed E-state index contributed by atoms with van der Waals surface area (Å²) in [6.07, 6.45) is 3.54. The van der Waals surface area contributed by atoms with Crippen molar-refractivity contribution >= 4 is 11.8 Å². The van der Waals surface area contributed by atoms with Crippen LogP contribution in [0.2, 0.25) is 0 Å². The second kappa shape index (κ2) is 5.93. The number of nitrogens with one attached hydrogen (secondary N) is 2. The van der Waals surface area contributed by atoms with Crippen molar-refractivity contribution in [1.82, 2.24) is 15.8 Å². The Morgan fingerprint density at radius 2 is 1.95 bits per heavy atom. The summed E-state index contributed by atoms with van der Waals surface area (Å²) in [6, 6.07) is 9.65. The quantitative estimate of drug-likeness (QED) is 0.849. The molecule has 0 spiro atoms. The van der Waals surface area contributed by atoms with Gasteiger partial charge in [-0.2, -0.15) is 0 Å². The third-order valence-electron chi connectivity index (χ3n) is 3.65. The largest absolute Gasteiger partial charge is 0.273 e. The van der Waals surface area contributed by atoms with E-state index in [1.165, 1.54) is 12.3 Å². The lowest BCUT2D eigenvalue weighted by Gasteiger charge is -2.07. The lowest BCUT2D eigenvalue weighted by Crippen LogP contribution is -2.42. The van der Waals surface area contributed by atoms with Gasteiger partial charge in [0.05, 0.1) is 5.56 Å². The van der Waals surface area contributed by atoms with E-state index < -0.39 is 5.91 Å². The fourth-order valence-corrected chi connectivity index (χ4v) is 2.38. The molecule has 2 atom stereocenters. The lowest BCUT2D eigenvalue weighted by molar-refractivity contribution is -0.123.